The molecule has 3 rings (SSSR count). The van der Waals surface area contributed by atoms with Crippen molar-refractivity contribution in [3.05, 3.63) is 64.7 Å². The van der Waals surface area contributed by atoms with E-state index in [0.717, 1.165) is 29.7 Å². The third-order valence-corrected chi connectivity index (χ3v) is 4.37. The molecular weight excluding hydrogens is 300 g/mol. The number of aryl methyl sites for hydroxylation is 2. The van der Waals surface area contributed by atoms with Crippen molar-refractivity contribution >= 4 is 17.6 Å². The molecule has 1 aliphatic carbocycles. The minimum atomic E-state index is -0.910. The van der Waals surface area contributed by atoms with Gasteiger partial charge in [-0.3, -0.25) is 0 Å². The zero-order valence-corrected chi connectivity index (χ0v) is 13.9. The van der Waals surface area contributed by atoms with Gasteiger partial charge in [-0.05, 0) is 73.1 Å². The minimum absolute atomic E-state index is 0.317. The van der Waals surface area contributed by atoms with Gasteiger partial charge in [0.25, 0.3) is 0 Å². The average Bonchev–Trinajstić information content (AvgIpc) is 2.60. The molecule has 0 aliphatic heterocycles. The van der Waals surface area contributed by atoms with Crippen LogP contribution in [0.5, 0.6) is 5.75 Å². The summed E-state index contributed by atoms with van der Waals surface area (Å²) in [5.74, 6) is -0.158. The van der Waals surface area contributed by atoms with Gasteiger partial charge in [-0.2, -0.15) is 0 Å². The van der Waals surface area contributed by atoms with Crippen molar-refractivity contribution < 1.29 is 14.6 Å². The Balaban J connectivity index is 1.98. The van der Waals surface area contributed by atoms with Crippen molar-refractivity contribution in [2.24, 2.45) is 0 Å². The van der Waals surface area contributed by atoms with Crippen LogP contribution in [0, 0.1) is 0 Å². The fourth-order valence-electron chi connectivity index (χ4n) is 3.20. The number of aliphatic carboxylic acids is 1. The molecule has 1 aliphatic rings. The number of ether oxygens (including phenoxy) is 1. The molecule has 2 aromatic carbocycles. The third-order valence-electron chi connectivity index (χ3n) is 4.37. The van der Waals surface area contributed by atoms with Gasteiger partial charge in [0.15, 0.2) is 0 Å². The number of benzene rings is 2. The van der Waals surface area contributed by atoms with Gasteiger partial charge in [0.2, 0.25) is 0 Å². The highest BCUT2D eigenvalue weighted by molar-refractivity contribution is 6.20. The van der Waals surface area contributed by atoms with E-state index in [1.807, 2.05) is 43.3 Å². The summed E-state index contributed by atoms with van der Waals surface area (Å²) in [7, 11) is 0. The largest absolute Gasteiger partial charge is 0.494 e. The maximum Gasteiger partial charge on any atom is 0.336 e. The fourth-order valence-corrected chi connectivity index (χ4v) is 3.20. The topological polar surface area (TPSA) is 46.5 Å². The van der Waals surface area contributed by atoms with Gasteiger partial charge in [0.05, 0.1) is 12.2 Å². The van der Waals surface area contributed by atoms with Gasteiger partial charge >= 0.3 is 5.97 Å². The normalized spacial score (nSPS) is 14.1. The minimum Gasteiger partial charge on any atom is -0.494 e. The Morgan fingerprint density at radius 3 is 2.67 bits per heavy atom. The van der Waals surface area contributed by atoms with Gasteiger partial charge < -0.3 is 9.84 Å². The lowest BCUT2D eigenvalue weighted by molar-refractivity contribution is -0.130. The summed E-state index contributed by atoms with van der Waals surface area (Å²) in [4.78, 5) is 11.8. The summed E-state index contributed by atoms with van der Waals surface area (Å²) in [5.41, 5.74) is 4.56. The van der Waals surface area contributed by atoms with Crippen molar-refractivity contribution in [1.29, 1.82) is 0 Å². The average molecular weight is 322 g/mol. The van der Waals surface area contributed by atoms with E-state index in [2.05, 4.69) is 6.07 Å². The predicted octanol–water partition coefficient (Wildman–Crippen LogP) is 4.59. The molecule has 2 aromatic rings. The summed E-state index contributed by atoms with van der Waals surface area (Å²) in [6.45, 7) is 2.52. The molecule has 0 fully saturated rings. The van der Waals surface area contributed by atoms with E-state index in [0.29, 0.717) is 12.2 Å². The summed E-state index contributed by atoms with van der Waals surface area (Å²) in [6.07, 6.45) is 6.25. The molecule has 3 nitrogen and oxygen atoms in total. The zero-order valence-electron chi connectivity index (χ0n) is 13.9. The molecule has 24 heavy (non-hydrogen) atoms. The van der Waals surface area contributed by atoms with Crippen molar-refractivity contribution in [3.8, 4) is 5.75 Å². The quantitative estimate of drug-likeness (QED) is 0.647. The predicted molar refractivity (Wildman–Crippen MR) is 96.2 cm³/mol. The van der Waals surface area contributed by atoms with Crippen LogP contribution in [0.15, 0.2) is 42.5 Å². The Kier molecular flexibility index (Phi) is 4.99. The van der Waals surface area contributed by atoms with Crippen LogP contribution in [0.25, 0.3) is 11.6 Å². The lowest BCUT2D eigenvalue weighted by Crippen LogP contribution is -2.05. The van der Waals surface area contributed by atoms with E-state index in [-0.39, 0.29) is 0 Å². The van der Waals surface area contributed by atoms with Crippen LogP contribution in [0.2, 0.25) is 0 Å². The Labute approximate surface area is 142 Å². The fraction of sp³-hybridized carbons (Fsp3) is 0.286. The van der Waals surface area contributed by atoms with Crippen molar-refractivity contribution in [2.75, 3.05) is 6.61 Å². The molecular formula is C21H22O3. The Hall–Kier alpha value is -2.55. The first-order chi connectivity index (χ1) is 11.7. The van der Waals surface area contributed by atoms with Crippen LogP contribution in [-0.2, 0) is 17.6 Å². The molecule has 0 saturated heterocycles. The van der Waals surface area contributed by atoms with E-state index in [4.69, 9.17) is 4.74 Å². The first-order valence-corrected chi connectivity index (χ1v) is 8.47. The Bertz CT molecular complexity index is 774. The van der Waals surface area contributed by atoms with Gasteiger partial charge in [0.1, 0.15) is 5.75 Å². The molecule has 3 heteroatoms. The second-order valence-corrected chi connectivity index (χ2v) is 6.06. The molecule has 0 radical (unpaired) electrons. The van der Waals surface area contributed by atoms with E-state index < -0.39 is 5.97 Å². The molecule has 0 unspecified atom stereocenters. The van der Waals surface area contributed by atoms with E-state index >= 15 is 0 Å². The standard InChI is InChI=1S/C21H22O3/c1-2-24-19-9-5-6-15(12-19)13-20(21(22)23)18-11-10-16-7-3-4-8-17(16)14-18/h5-6,9-14H,2-4,7-8H2,1H3,(H,22,23)/b20-13-. The molecule has 0 bridgehead atoms. The van der Waals surface area contributed by atoms with Crippen LogP contribution in [-0.4, -0.2) is 17.7 Å². The number of hydrogen-bond acceptors (Lipinski definition) is 2. The Morgan fingerprint density at radius 2 is 1.92 bits per heavy atom. The molecule has 124 valence electrons. The van der Waals surface area contributed by atoms with Crippen LogP contribution < -0.4 is 4.74 Å². The highest BCUT2D eigenvalue weighted by Gasteiger charge is 2.15. The maximum absolute atomic E-state index is 11.8. The molecule has 0 atom stereocenters. The highest BCUT2D eigenvalue weighted by atomic mass is 16.5. The summed E-state index contributed by atoms with van der Waals surface area (Å²) in [5, 5.41) is 9.67. The van der Waals surface area contributed by atoms with Gasteiger partial charge in [-0.15, -0.1) is 0 Å². The van der Waals surface area contributed by atoms with Gasteiger partial charge in [-0.1, -0.05) is 30.3 Å². The molecule has 0 heterocycles. The lowest BCUT2D eigenvalue weighted by Gasteiger charge is -2.16. The molecule has 0 spiro atoms. The van der Waals surface area contributed by atoms with E-state index in [9.17, 15) is 9.90 Å². The Morgan fingerprint density at radius 1 is 1.12 bits per heavy atom. The SMILES string of the molecule is CCOc1cccc(/C=C(\C(=O)O)c2ccc3c(c2)CCCC3)c1. The number of carboxylic acids is 1. The monoisotopic (exact) mass is 322 g/mol. The molecule has 0 aromatic heterocycles. The van der Waals surface area contributed by atoms with Crippen LogP contribution in [0.3, 0.4) is 0 Å². The molecule has 1 N–H and O–H groups in total. The summed E-state index contributed by atoms with van der Waals surface area (Å²) in [6, 6.07) is 13.6. The lowest BCUT2D eigenvalue weighted by atomic mass is 9.89. The first-order valence-electron chi connectivity index (χ1n) is 8.47. The number of hydrogen-bond donors (Lipinski definition) is 1. The number of carbonyl (C=O) groups is 1. The highest BCUT2D eigenvalue weighted by Crippen LogP contribution is 2.27. The summed E-state index contributed by atoms with van der Waals surface area (Å²) < 4.78 is 5.49. The molecule has 0 saturated carbocycles. The number of fused-ring (bicyclic) bond motifs is 1. The van der Waals surface area contributed by atoms with Crippen molar-refractivity contribution in [1.82, 2.24) is 0 Å². The number of carboxylic acid groups (broad SMARTS) is 1. The van der Waals surface area contributed by atoms with Gasteiger partial charge in [-0.25, -0.2) is 4.79 Å². The van der Waals surface area contributed by atoms with Gasteiger partial charge in [0, 0.05) is 0 Å². The maximum atomic E-state index is 11.8. The van der Waals surface area contributed by atoms with Crippen LogP contribution >= 0.6 is 0 Å². The number of rotatable bonds is 5. The zero-order chi connectivity index (χ0) is 16.9. The van der Waals surface area contributed by atoms with Crippen LogP contribution in [0.4, 0.5) is 0 Å². The van der Waals surface area contributed by atoms with E-state index in [1.165, 1.54) is 24.0 Å². The second-order valence-electron chi connectivity index (χ2n) is 6.06. The smallest absolute Gasteiger partial charge is 0.336 e. The van der Waals surface area contributed by atoms with Crippen LogP contribution in [0.1, 0.15) is 42.0 Å². The van der Waals surface area contributed by atoms with E-state index in [1.54, 1.807) is 6.08 Å². The second kappa shape index (κ2) is 7.35. The summed E-state index contributed by atoms with van der Waals surface area (Å²) >= 11 is 0. The van der Waals surface area contributed by atoms with Crippen molar-refractivity contribution in [2.45, 2.75) is 32.6 Å². The molecule has 0 amide bonds. The third kappa shape index (κ3) is 3.67. The van der Waals surface area contributed by atoms with Crippen molar-refractivity contribution in [3.63, 3.8) is 0 Å². The first kappa shape index (κ1) is 16.3.